The second kappa shape index (κ2) is 4.96. The highest BCUT2D eigenvalue weighted by Crippen LogP contribution is 2.41. The van der Waals surface area contributed by atoms with E-state index < -0.39 is 0 Å². The Bertz CT molecular complexity index is 264. The molecule has 0 aromatic rings. The molecule has 4 heteroatoms. The predicted molar refractivity (Wildman–Crippen MR) is 68.5 cm³/mol. The third-order valence-electron chi connectivity index (χ3n) is 4.05. The molecule has 1 unspecified atom stereocenters. The van der Waals surface area contributed by atoms with Gasteiger partial charge in [0.25, 0.3) is 0 Å². The Morgan fingerprint density at radius 3 is 2.69 bits per heavy atom. The number of thioether (sulfide) groups is 1. The zero-order chi connectivity index (χ0) is 11.6. The lowest BCUT2D eigenvalue weighted by atomic mass is 10.1. The van der Waals surface area contributed by atoms with Crippen molar-refractivity contribution in [2.24, 2.45) is 11.7 Å². The van der Waals surface area contributed by atoms with E-state index in [1.807, 2.05) is 11.8 Å². The van der Waals surface area contributed by atoms with Crippen LogP contribution in [0.4, 0.5) is 0 Å². The molecule has 0 radical (unpaired) electrons. The highest BCUT2D eigenvalue weighted by molar-refractivity contribution is 8.00. The van der Waals surface area contributed by atoms with Crippen LogP contribution in [0.1, 0.15) is 32.1 Å². The number of nitrogens with zero attached hydrogens (tertiary/aromatic N) is 1. The highest BCUT2D eigenvalue weighted by atomic mass is 32.2. The Kier molecular flexibility index (Phi) is 3.80. The van der Waals surface area contributed by atoms with Gasteiger partial charge in [0.1, 0.15) is 0 Å². The van der Waals surface area contributed by atoms with Crippen molar-refractivity contribution < 1.29 is 4.79 Å². The van der Waals surface area contributed by atoms with Crippen molar-refractivity contribution in [2.45, 2.75) is 36.9 Å². The molecule has 0 aromatic heterocycles. The minimum absolute atomic E-state index is 0.316. The molecule has 1 aliphatic carbocycles. The molecule has 1 amide bonds. The number of carbonyl (C=O) groups is 1. The van der Waals surface area contributed by atoms with Crippen LogP contribution in [-0.2, 0) is 4.79 Å². The topological polar surface area (TPSA) is 46.3 Å². The average molecular weight is 242 g/mol. The number of carbonyl (C=O) groups excluding carboxylic acids is 1. The second-order valence-electron chi connectivity index (χ2n) is 5.17. The first kappa shape index (κ1) is 12.2. The van der Waals surface area contributed by atoms with Gasteiger partial charge < -0.3 is 10.6 Å². The Hall–Kier alpha value is -0.220. The molecule has 1 saturated carbocycles. The molecular weight excluding hydrogens is 220 g/mol. The summed E-state index contributed by atoms with van der Waals surface area (Å²) >= 11 is 1.95. The second-order valence-corrected chi connectivity index (χ2v) is 6.45. The van der Waals surface area contributed by atoms with Crippen LogP contribution in [0, 0.1) is 5.92 Å². The Labute approximate surface area is 102 Å². The number of hydrogen-bond acceptors (Lipinski definition) is 3. The van der Waals surface area contributed by atoms with E-state index in [2.05, 4.69) is 11.2 Å². The summed E-state index contributed by atoms with van der Waals surface area (Å²) in [4.78, 5) is 13.9. The van der Waals surface area contributed by atoms with Gasteiger partial charge in [0, 0.05) is 24.3 Å². The predicted octanol–water partition coefficient (Wildman–Crippen LogP) is 1.47. The van der Waals surface area contributed by atoms with Crippen molar-refractivity contribution in [1.82, 2.24) is 4.90 Å². The van der Waals surface area contributed by atoms with E-state index in [1.165, 1.54) is 25.7 Å². The van der Waals surface area contributed by atoms with Crippen LogP contribution in [0.25, 0.3) is 0 Å². The molecule has 1 aliphatic heterocycles. The first-order valence-corrected chi connectivity index (χ1v) is 7.44. The maximum atomic E-state index is 11.9. The van der Waals surface area contributed by atoms with Gasteiger partial charge in [-0.3, -0.25) is 4.79 Å². The summed E-state index contributed by atoms with van der Waals surface area (Å²) in [5.74, 6) is 0.712. The van der Waals surface area contributed by atoms with Crippen LogP contribution in [0.3, 0.4) is 0 Å². The first-order valence-electron chi connectivity index (χ1n) is 6.22. The minimum atomic E-state index is 0.316. The summed E-state index contributed by atoms with van der Waals surface area (Å²) in [6.07, 6.45) is 8.04. The largest absolute Gasteiger partial charge is 0.341 e. The molecule has 1 heterocycles. The molecule has 1 atom stereocenters. The van der Waals surface area contributed by atoms with Crippen molar-refractivity contribution in [3.8, 4) is 0 Å². The Morgan fingerprint density at radius 1 is 1.50 bits per heavy atom. The van der Waals surface area contributed by atoms with Crippen LogP contribution < -0.4 is 5.73 Å². The normalized spacial score (nSPS) is 29.0. The molecule has 2 N–H and O–H groups in total. The average Bonchev–Trinajstić information content (AvgIpc) is 2.88. The van der Waals surface area contributed by atoms with E-state index in [-0.39, 0.29) is 0 Å². The van der Waals surface area contributed by atoms with Gasteiger partial charge >= 0.3 is 0 Å². The SMILES string of the molecule is CSC1(CN2CC(CN)CC2=O)CCCC1. The molecule has 92 valence electrons. The lowest BCUT2D eigenvalue weighted by molar-refractivity contribution is -0.128. The highest BCUT2D eigenvalue weighted by Gasteiger charge is 2.38. The third-order valence-corrected chi connectivity index (χ3v) is 5.46. The molecule has 0 aromatic carbocycles. The molecule has 1 saturated heterocycles. The third kappa shape index (κ3) is 2.38. The van der Waals surface area contributed by atoms with Crippen molar-refractivity contribution in [3.63, 3.8) is 0 Å². The maximum Gasteiger partial charge on any atom is 0.223 e. The zero-order valence-corrected chi connectivity index (χ0v) is 10.9. The van der Waals surface area contributed by atoms with Gasteiger partial charge in [0.2, 0.25) is 5.91 Å². The van der Waals surface area contributed by atoms with Crippen molar-refractivity contribution >= 4 is 17.7 Å². The van der Waals surface area contributed by atoms with Gasteiger partial charge in [-0.1, -0.05) is 12.8 Å². The fourth-order valence-corrected chi connectivity index (χ4v) is 3.94. The number of hydrogen-bond donors (Lipinski definition) is 1. The van der Waals surface area contributed by atoms with Gasteiger partial charge in [-0.05, 0) is 31.6 Å². The van der Waals surface area contributed by atoms with E-state index >= 15 is 0 Å². The minimum Gasteiger partial charge on any atom is -0.341 e. The van der Waals surface area contributed by atoms with E-state index in [4.69, 9.17) is 5.73 Å². The van der Waals surface area contributed by atoms with Gasteiger partial charge in [-0.15, -0.1) is 0 Å². The number of amides is 1. The Balaban J connectivity index is 1.96. The summed E-state index contributed by atoms with van der Waals surface area (Å²) in [5, 5.41) is 0. The molecule has 2 fully saturated rings. The van der Waals surface area contributed by atoms with Crippen LogP contribution in [0.15, 0.2) is 0 Å². The van der Waals surface area contributed by atoms with Crippen molar-refractivity contribution in [2.75, 3.05) is 25.9 Å². The van der Waals surface area contributed by atoms with Gasteiger partial charge in [0.05, 0.1) is 0 Å². The van der Waals surface area contributed by atoms with E-state index in [0.29, 0.717) is 29.5 Å². The maximum absolute atomic E-state index is 11.9. The Morgan fingerprint density at radius 2 is 2.19 bits per heavy atom. The lowest BCUT2D eigenvalue weighted by Gasteiger charge is -2.32. The summed E-state index contributed by atoms with van der Waals surface area (Å²) in [6.45, 7) is 2.48. The number of rotatable bonds is 4. The van der Waals surface area contributed by atoms with Crippen LogP contribution in [-0.4, -0.2) is 41.4 Å². The monoisotopic (exact) mass is 242 g/mol. The fourth-order valence-electron chi connectivity index (χ4n) is 2.96. The molecule has 0 spiro atoms. The molecule has 16 heavy (non-hydrogen) atoms. The molecule has 2 aliphatic rings. The standard InChI is InChI=1S/C12H22N2OS/c1-16-12(4-2-3-5-12)9-14-8-10(7-13)6-11(14)15/h10H,2-9,13H2,1H3. The van der Waals surface area contributed by atoms with E-state index in [1.54, 1.807) is 0 Å². The molecule has 3 nitrogen and oxygen atoms in total. The number of nitrogens with two attached hydrogens (primary N) is 1. The summed E-state index contributed by atoms with van der Waals surface area (Å²) in [5.41, 5.74) is 5.65. The summed E-state index contributed by atoms with van der Waals surface area (Å²) < 4.78 is 0.346. The zero-order valence-electron chi connectivity index (χ0n) is 10.1. The van der Waals surface area contributed by atoms with Gasteiger partial charge in [0.15, 0.2) is 0 Å². The van der Waals surface area contributed by atoms with Gasteiger partial charge in [-0.25, -0.2) is 0 Å². The fraction of sp³-hybridized carbons (Fsp3) is 0.917. The smallest absolute Gasteiger partial charge is 0.223 e. The van der Waals surface area contributed by atoms with Crippen molar-refractivity contribution in [1.29, 1.82) is 0 Å². The molecular formula is C12H22N2OS. The first-order chi connectivity index (χ1) is 7.69. The quantitative estimate of drug-likeness (QED) is 0.812. The van der Waals surface area contributed by atoms with Crippen LogP contribution in [0.2, 0.25) is 0 Å². The van der Waals surface area contributed by atoms with Gasteiger partial charge in [-0.2, -0.15) is 11.8 Å². The van der Waals surface area contributed by atoms with Crippen LogP contribution >= 0.6 is 11.8 Å². The van der Waals surface area contributed by atoms with Crippen molar-refractivity contribution in [3.05, 3.63) is 0 Å². The van der Waals surface area contributed by atoms with E-state index in [0.717, 1.165) is 13.1 Å². The van der Waals surface area contributed by atoms with Crippen LogP contribution in [0.5, 0.6) is 0 Å². The van der Waals surface area contributed by atoms with E-state index in [9.17, 15) is 4.79 Å². The number of likely N-dealkylation sites (tertiary alicyclic amines) is 1. The molecule has 2 rings (SSSR count). The lowest BCUT2D eigenvalue weighted by Crippen LogP contribution is -2.39. The summed E-state index contributed by atoms with van der Waals surface area (Å²) in [7, 11) is 0. The summed E-state index contributed by atoms with van der Waals surface area (Å²) in [6, 6.07) is 0. The molecule has 0 bridgehead atoms.